The molecule has 1 unspecified atom stereocenters. The summed E-state index contributed by atoms with van der Waals surface area (Å²) >= 11 is 6.33. The molecule has 146 valence electrons. The number of H-pyrrole nitrogens is 1. The van der Waals surface area contributed by atoms with Gasteiger partial charge in [-0.3, -0.25) is 5.32 Å². The molecule has 0 saturated heterocycles. The standard InChI is InChI=1S/C25H23ClN2O/c1-16-3-5-17(6-4-16)25(18-7-10-20(29-2)11-8-18)24-21(13-14-27-25)22-15-19(26)9-12-23(22)28-24/h3-12,15,27-28H,13-14H2,1-2H3. The minimum absolute atomic E-state index is 0.459. The fourth-order valence-electron chi connectivity index (χ4n) is 4.57. The molecule has 0 amide bonds. The van der Waals surface area contributed by atoms with Crippen molar-refractivity contribution in [1.82, 2.24) is 10.3 Å². The molecule has 0 aliphatic carbocycles. The third kappa shape index (κ3) is 2.85. The Morgan fingerprint density at radius 2 is 1.62 bits per heavy atom. The van der Waals surface area contributed by atoms with Gasteiger partial charge in [0.15, 0.2) is 0 Å². The van der Waals surface area contributed by atoms with Crippen LogP contribution in [-0.4, -0.2) is 18.6 Å². The van der Waals surface area contributed by atoms with Gasteiger partial charge in [0.2, 0.25) is 0 Å². The lowest BCUT2D eigenvalue weighted by atomic mass is 9.75. The number of aromatic amines is 1. The zero-order valence-corrected chi connectivity index (χ0v) is 17.3. The molecule has 2 N–H and O–H groups in total. The van der Waals surface area contributed by atoms with Crippen LogP contribution >= 0.6 is 11.6 Å². The Morgan fingerprint density at radius 3 is 2.31 bits per heavy atom. The lowest BCUT2D eigenvalue weighted by molar-refractivity contribution is 0.412. The van der Waals surface area contributed by atoms with Crippen LogP contribution in [0.3, 0.4) is 0 Å². The molecule has 5 rings (SSSR count). The molecule has 1 atom stereocenters. The summed E-state index contributed by atoms with van der Waals surface area (Å²) < 4.78 is 5.40. The van der Waals surface area contributed by atoms with Crippen LogP contribution in [0.2, 0.25) is 5.02 Å². The van der Waals surface area contributed by atoms with Gasteiger partial charge in [0.25, 0.3) is 0 Å². The number of nitrogens with one attached hydrogen (secondary N) is 2. The average molecular weight is 403 g/mol. The fourth-order valence-corrected chi connectivity index (χ4v) is 4.74. The molecule has 0 radical (unpaired) electrons. The van der Waals surface area contributed by atoms with Crippen LogP contribution in [0.5, 0.6) is 5.75 Å². The van der Waals surface area contributed by atoms with Gasteiger partial charge in [-0.05, 0) is 60.4 Å². The Balaban J connectivity index is 1.82. The van der Waals surface area contributed by atoms with Crippen LogP contribution in [-0.2, 0) is 12.0 Å². The minimum atomic E-state index is -0.459. The third-order valence-electron chi connectivity index (χ3n) is 6.02. The summed E-state index contributed by atoms with van der Waals surface area (Å²) in [6.07, 6.45) is 0.958. The Labute approximate surface area is 175 Å². The molecule has 2 heterocycles. The van der Waals surface area contributed by atoms with E-state index in [9.17, 15) is 0 Å². The maximum absolute atomic E-state index is 6.33. The molecule has 4 heteroatoms. The lowest BCUT2D eigenvalue weighted by Gasteiger charge is -2.40. The molecule has 0 saturated carbocycles. The Kier molecular flexibility index (Phi) is 4.38. The van der Waals surface area contributed by atoms with Crippen molar-refractivity contribution in [2.45, 2.75) is 18.9 Å². The van der Waals surface area contributed by atoms with Crippen molar-refractivity contribution < 1.29 is 4.74 Å². The SMILES string of the molecule is COc1ccc(C2(c3ccc(C)cc3)NCCc3c2[nH]c2ccc(Cl)cc32)cc1. The van der Waals surface area contributed by atoms with E-state index in [0.29, 0.717) is 0 Å². The molecule has 1 aromatic heterocycles. The molecule has 1 aliphatic rings. The highest BCUT2D eigenvalue weighted by Crippen LogP contribution is 2.43. The van der Waals surface area contributed by atoms with Crippen LogP contribution in [0.25, 0.3) is 10.9 Å². The molecular weight excluding hydrogens is 380 g/mol. The molecule has 3 aromatic carbocycles. The van der Waals surface area contributed by atoms with Crippen LogP contribution in [0, 0.1) is 6.92 Å². The van der Waals surface area contributed by atoms with Crippen molar-refractivity contribution in [3.63, 3.8) is 0 Å². The second-order valence-corrected chi connectivity index (χ2v) is 8.13. The number of aryl methyl sites for hydroxylation is 1. The average Bonchev–Trinajstić information content (AvgIpc) is 3.13. The van der Waals surface area contributed by atoms with E-state index in [1.807, 2.05) is 18.2 Å². The number of methoxy groups -OCH3 is 1. The number of benzene rings is 3. The van der Waals surface area contributed by atoms with E-state index >= 15 is 0 Å². The first-order chi connectivity index (χ1) is 14.1. The van der Waals surface area contributed by atoms with Gasteiger partial charge in [0.05, 0.1) is 7.11 Å². The van der Waals surface area contributed by atoms with Crippen molar-refractivity contribution in [2.24, 2.45) is 0 Å². The second kappa shape index (κ2) is 6.94. The van der Waals surface area contributed by atoms with E-state index in [1.165, 1.54) is 33.3 Å². The Hall–Kier alpha value is -2.75. The van der Waals surface area contributed by atoms with Gasteiger partial charge in [-0.25, -0.2) is 0 Å². The Morgan fingerprint density at radius 1 is 0.931 bits per heavy atom. The molecule has 29 heavy (non-hydrogen) atoms. The van der Waals surface area contributed by atoms with Crippen molar-refractivity contribution in [2.75, 3.05) is 13.7 Å². The van der Waals surface area contributed by atoms with Crippen molar-refractivity contribution in [3.8, 4) is 5.75 Å². The number of fused-ring (bicyclic) bond motifs is 3. The number of ether oxygens (including phenoxy) is 1. The van der Waals surface area contributed by atoms with Crippen LogP contribution in [0.1, 0.15) is 27.9 Å². The number of rotatable bonds is 3. The summed E-state index contributed by atoms with van der Waals surface area (Å²) in [6.45, 7) is 3.00. The normalized spacial score (nSPS) is 18.6. The van der Waals surface area contributed by atoms with Gasteiger partial charge in [-0.1, -0.05) is 53.6 Å². The second-order valence-electron chi connectivity index (χ2n) is 7.69. The lowest BCUT2D eigenvalue weighted by Crippen LogP contribution is -2.49. The van der Waals surface area contributed by atoms with Gasteiger partial charge < -0.3 is 9.72 Å². The predicted octanol–water partition coefficient (Wildman–Crippen LogP) is 5.58. The maximum Gasteiger partial charge on any atom is 0.118 e. The third-order valence-corrected chi connectivity index (χ3v) is 6.25. The van der Waals surface area contributed by atoms with Crippen LogP contribution in [0.15, 0.2) is 66.7 Å². The van der Waals surface area contributed by atoms with E-state index in [4.69, 9.17) is 16.3 Å². The first-order valence-electron chi connectivity index (χ1n) is 9.89. The van der Waals surface area contributed by atoms with E-state index in [-0.39, 0.29) is 0 Å². The highest BCUT2D eigenvalue weighted by molar-refractivity contribution is 6.31. The summed E-state index contributed by atoms with van der Waals surface area (Å²) in [5.74, 6) is 0.854. The minimum Gasteiger partial charge on any atom is -0.497 e. The van der Waals surface area contributed by atoms with Crippen molar-refractivity contribution in [1.29, 1.82) is 0 Å². The molecule has 0 bridgehead atoms. The van der Waals surface area contributed by atoms with E-state index < -0.39 is 5.54 Å². The first kappa shape index (κ1) is 18.3. The van der Waals surface area contributed by atoms with Crippen LogP contribution in [0.4, 0.5) is 0 Å². The van der Waals surface area contributed by atoms with Gasteiger partial charge in [0.1, 0.15) is 11.3 Å². The van der Waals surface area contributed by atoms with Gasteiger partial charge >= 0.3 is 0 Å². The number of hydrogen-bond donors (Lipinski definition) is 2. The Bertz CT molecular complexity index is 1180. The monoisotopic (exact) mass is 402 g/mol. The number of aromatic nitrogens is 1. The zero-order valence-electron chi connectivity index (χ0n) is 16.6. The summed E-state index contributed by atoms with van der Waals surface area (Å²) in [5.41, 5.74) is 6.82. The topological polar surface area (TPSA) is 37.0 Å². The molecule has 0 spiro atoms. The highest BCUT2D eigenvalue weighted by atomic mass is 35.5. The van der Waals surface area contributed by atoms with E-state index in [1.54, 1.807) is 7.11 Å². The van der Waals surface area contributed by atoms with Crippen molar-refractivity contribution in [3.05, 3.63) is 99.7 Å². The van der Waals surface area contributed by atoms with Gasteiger partial charge in [-0.2, -0.15) is 0 Å². The summed E-state index contributed by atoms with van der Waals surface area (Å²) in [7, 11) is 1.70. The highest BCUT2D eigenvalue weighted by Gasteiger charge is 2.42. The van der Waals surface area contributed by atoms with Crippen molar-refractivity contribution >= 4 is 22.5 Å². The predicted molar refractivity (Wildman–Crippen MR) is 119 cm³/mol. The van der Waals surface area contributed by atoms with E-state index in [2.05, 4.69) is 65.8 Å². The smallest absolute Gasteiger partial charge is 0.118 e. The quantitative estimate of drug-likeness (QED) is 0.469. The summed E-state index contributed by atoms with van der Waals surface area (Å²) in [6, 6.07) is 23.3. The van der Waals surface area contributed by atoms with E-state index in [0.717, 1.165) is 29.3 Å². The number of halogens is 1. The zero-order chi connectivity index (χ0) is 20.0. The molecule has 4 aromatic rings. The molecule has 0 fully saturated rings. The summed E-state index contributed by atoms with van der Waals surface area (Å²) in [5, 5.41) is 5.82. The fraction of sp³-hybridized carbons (Fsp3) is 0.200. The maximum atomic E-state index is 6.33. The van der Waals surface area contributed by atoms with Gasteiger partial charge in [-0.15, -0.1) is 0 Å². The molecular formula is C25H23ClN2O. The van der Waals surface area contributed by atoms with Gasteiger partial charge in [0, 0.05) is 28.2 Å². The largest absolute Gasteiger partial charge is 0.497 e. The van der Waals surface area contributed by atoms with Crippen LogP contribution < -0.4 is 10.1 Å². The molecule has 1 aliphatic heterocycles. The number of hydrogen-bond acceptors (Lipinski definition) is 2. The summed E-state index contributed by atoms with van der Waals surface area (Å²) in [4.78, 5) is 3.72. The first-order valence-corrected chi connectivity index (χ1v) is 10.3. The molecule has 3 nitrogen and oxygen atoms in total.